The molecule has 5 heteroatoms. The molecule has 0 unspecified atom stereocenters. The maximum Gasteiger partial charge on any atom is 0.0902 e. The summed E-state index contributed by atoms with van der Waals surface area (Å²) >= 11 is 5.22. The average molecular weight is 305 g/mol. The van der Waals surface area contributed by atoms with E-state index in [9.17, 15) is 0 Å². The third kappa shape index (κ3) is 3.53. The third-order valence-electron chi connectivity index (χ3n) is 2.65. The molecule has 1 aromatic rings. The van der Waals surface area contributed by atoms with Crippen molar-refractivity contribution in [1.82, 2.24) is 10.6 Å². The molecule has 16 heavy (non-hydrogen) atoms. The van der Waals surface area contributed by atoms with Gasteiger partial charge in [0.15, 0.2) is 0 Å². The predicted octanol–water partition coefficient (Wildman–Crippen LogP) is 1.98. The van der Waals surface area contributed by atoms with Gasteiger partial charge in [-0.1, -0.05) is 0 Å². The monoisotopic (exact) mass is 304 g/mol. The highest BCUT2D eigenvalue weighted by Gasteiger charge is 2.31. The van der Waals surface area contributed by atoms with Gasteiger partial charge in [0, 0.05) is 40.9 Å². The minimum atomic E-state index is 0.0770. The Balaban J connectivity index is 1.55. The van der Waals surface area contributed by atoms with Gasteiger partial charge < -0.3 is 15.4 Å². The van der Waals surface area contributed by atoms with Gasteiger partial charge in [0.2, 0.25) is 0 Å². The minimum absolute atomic E-state index is 0.0770. The van der Waals surface area contributed by atoms with Crippen LogP contribution in [0.4, 0.5) is 0 Å². The molecule has 0 amide bonds. The SMILES string of the molecule is CC1(OCCNCc2cc(Br)cs2)CNC1. The fourth-order valence-corrected chi connectivity index (χ4v) is 3.03. The van der Waals surface area contributed by atoms with Crippen LogP contribution in [0, 0.1) is 0 Å². The number of rotatable bonds is 6. The summed E-state index contributed by atoms with van der Waals surface area (Å²) < 4.78 is 6.94. The van der Waals surface area contributed by atoms with E-state index >= 15 is 0 Å². The summed E-state index contributed by atoms with van der Waals surface area (Å²) in [6, 6.07) is 2.15. The van der Waals surface area contributed by atoms with Crippen LogP contribution in [0.1, 0.15) is 11.8 Å². The normalized spacial score (nSPS) is 18.4. The molecule has 1 aliphatic rings. The lowest BCUT2D eigenvalue weighted by Gasteiger charge is -2.39. The fourth-order valence-electron chi connectivity index (χ4n) is 1.61. The zero-order valence-electron chi connectivity index (χ0n) is 9.38. The summed E-state index contributed by atoms with van der Waals surface area (Å²) in [4.78, 5) is 1.35. The van der Waals surface area contributed by atoms with E-state index in [1.54, 1.807) is 11.3 Å². The molecule has 0 radical (unpaired) electrons. The zero-order valence-corrected chi connectivity index (χ0v) is 11.8. The molecule has 90 valence electrons. The van der Waals surface area contributed by atoms with Gasteiger partial charge in [-0.25, -0.2) is 0 Å². The van der Waals surface area contributed by atoms with Gasteiger partial charge in [-0.2, -0.15) is 0 Å². The first-order valence-electron chi connectivity index (χ1n) is 5.46. The van der Waals surface area contributed by atoms with Crippen molar-refractivity contribution in [1.29, 1.82) is 0 Å². The molecule has 1 aromatic heterocycles. The van der Waals surface area contributed by atoms with E-state index in [2.05, 4.69) is 44.9 Å². The van der Waals surface area contributed by atoms with Crippen LogP contribution in [-0.4, -0.2) is 31.8 Å². The third-order valence-corrected chi connectivity index (χ3v) is 4.35. The Kier molecular flexibility index (Phi) is 4.38. The fraction of sp³-hybridized carbons (Fsp3) is 0.636. The van der Waals surface area contributed by atoms with Crippen molar-refractivity contribution in [2.45, 2.75) is 19.1 Å². The average Bonchev–Trinajstić information content (AvgIpc) is 2.61. The van der Waals surface area contributed by atoms with Gasteiger partial charge in [-0.15, -0.1) is 11.3 Å². The van der Waals surface area contributed by atoms with Crippen molar-refractivity contribution in [3.63, 3.8) is 0 Å². The van der Waals surface area contributed by atoms with E-state index in [0.717, 1.165) is 32.8 Å². The smallest absolute Gasteiger partial charge is 0.0902 e. The molecule has 2 N–H and O–H groups in total. The Morgan fingerprint density at radius 1 is 1.62 bits per heavy atom. The molecule has 0 atom stereocenters. The van der Waals surface area contributed by atoms with E-state index in [-0.39, 0.29) is 5.60 Å². The molecule has 2 heterocycles. The van der Waals surface area contributed by atoms with Crippen molar-refractivity contribution >= 4 is 27.3 Å². The van der Waals surface area contributed by atoms with Gasteiger partial charge in [-0.05, 0) is 28.9 Å². The van der Waals surface area contributed by atoms with Crippen molar-refractivity contribution in [2.24, 2.45) is 0 Å². The van der Waals surface area contributed by atoms with Crippen molar-refractivity contribution in [3.8, 4) is 0 Å². The second kappa shape index (κ2) is 5.60. The summed E-state index contributed by atoms with van der Waals surface area (Å²) in [5, 5.41) is 8.71. The van der Waals surface area contributed by atoms with Gasteiger partial charge >= 0.3 is 0 Å². The number of halogens is 1. The highest BCUT2D eigenvalue weighted by atomic mass is 79.9. The van der Waals surface area contributed by atoms with Crippen LogP contribution < -0.4 is 10.6 Å². The molecule has 0 bridgehead atoms. The molecule has 0 aliphatic carbocycles. The summed E-state index contributed by atoms with van der Waals surface area (Å²) in [5.41, 5.74) is 0.0770. The second-order valence-corrected chi connectivity index (χ2v) is 6.22. The van der Waals surface area contributed by atoms with E-state index in [4.69, 9.17) is 4.74 Å². The first-order valence-corrected chi connectivity index (χ1v) is 7.14. The lowest BCUT2D eigenvalue weighted by Crippen LogP contribution is -2.59. The summed E-state index contributed by atoms with van der Waals surface area (Å²) in [6.45, 7) is 6.72. The lowest BCUT2D eigenvalue weighted by atomic mass is 10.0. The number of hydrogen-bond donors (Lipinski definition) is 2. The van der Waals surface area contributed by atoms with Crippen molar-refractivity contribution in [3.05, 3.63) is 20.8 Å². The van der Waals surface area contributed by atoms with Gasteiger partial charge in [0.1, 0.15) is 0 Å². The highest BCUT2D eigenvalue weighted by molar-refractivity contribution is 9.10. The van der Waals surface area contributed by atoms with Crippen LogP contribution >= 0.6 is 27.3 Å². The van der Waals surface area contributed by atoms with Crippen LogP contribution in [0.2, 0.25) is 0 Å². The zero-order chi connectivity index (χ0) is 11.4. The maximum atomic E-state index is 5.78. The first-order chi connectivity index (χ1) is 7.68. The van der Waals surface area contributed by atoms with Crippen molar-refractivity contribution < 1.29 is 4.74 Å². The molecule has 1 fully saturated rings. The number of nitrogens with one attached hydrogen (secondary N) is 2. The molecule has 0 aromatic carbocycles. The topological polar surface area (TPSA) is 33.3 Å². The van der Waals surface area contributed by atoms with Crippen LogP contribution in [-0.2, 0) is 11.3 Å². The van der Waals surface area contributed by atoms with Gasteiger partial charge in [0.25, 0.3) is 0 Å². The molecule has 0 saturated carbocycles. The van der Waals surface area contributed by atoms with Gasteiger partial charge in [0.05, 0.1) is 12.2 Å². The standard InChI is InChI=1S/C11H17BrN2OS/c1-11(7-14-8-11)15-3-2-13-5-10-4-9(12)6-16-10/h4,6,13-14H,2-3,5,7-8H2,1H3. The molecule has 0 spiro atoms. The molecular formula is C11H17BrN2OS. The predicted molar refractivity (Wildman–Crippen MR) is 71.0 cm³/mol. The Hall–Kier alpha value is 0.0600. The van der Waals surface area contributed by atoms with Crippen LogP contribution in [0.5, 0.6) is 0 Å². The molecule has 1 aliphatic heterocycles. The molecule has 2 rings (SSSR count). The van der Waals surface area contributed by atoms with Gasteiger partial charge in [-0.3, -0.25) is 0 Å². The Bertz CT molecular complexity index is 338. The van der Waals surface area contributed by atoms with E-state index in [0.29, 0.717) is 0 Å². The van der Waals surface area contributed by atoms with Crippen LogP contribution in [0.15, 0.2) is 15.9 Å². The molecule has 3 nitrogen and oxygen atoms in total. The van der Waals surface area contributed by atoms with E-state index < -0.39 is 0 Å². The number of ether oxygens (including phenoxy) is 1. The van der Waals surface area contributed by atoms with E-state index in [1.165, 1.54) is 9.35 Å². The lowest BCUT2D eigenvalue weighted by molar-refractivity contribution is -0.0648. The Labute approximate surface area is 109 Å². The summed E-state index contributed by atoms with van der Waals surface area (Å²) in [6.07, 6.45) is 0. The first kappa shape index (κ1) is 12.5. The Morgan fingerprint density at radius 2 is 2.44 bits per heavy atom. The summed E-state index contributed by atoms with van der Waals surface area (Å²) in [5.74, 6) is 0. The number of hydrogen-bond acceptors (Lipinski definition) is 4. The van der Waals surface area contributed by atoms with Crippen molar-refractivity contribution in [2.75, 3.05) is 26.2 Å². The largest absolute Gasteiger partial charge is 0.371 e. The minimum Gasteiger partial charge on any atom is -0.371 e. The molecular weight excluding hydrogens is 288 g/mol. The van der Waals surface area contributed by atoms with Crippen LogP contribution in [0.25, 0.3) is 0 Å². The maximum absolute atomic E-state index is 5.78. The quantitative estimate of drug-likeness (QED) is 0.789. The Morgan fingerprint density at radius 3 is 3.00 bits per heavy atom. The van der Waals surface area contributed by atoms with E-state index in [1.807, 2.05) is 0 Å². The summed E-state index contributed by atoms with van der Waals surface area (Å²) in [7, 11) is 0. The second-order valence-electron chi connectivity index (χ2n) is 4.31. The molecule has 1 saturated heterocycles. The van der Waals surface area contributed by atoms with Crippen LogP contribution in [0.3, 0.4) is 0 Å². The number of thiophene rings is 1. The highest BCUT2D eigenvalue weighted by Crippen LogP contribution is 2.19.